The highest BCUT2D eigenvalue weighted by Gasteiger charge is 2.18. The van der Waals surface area contributed by atoms with Gasteiger partial charge in [0.25, 0.3) is 0 Å². The molecule has 4 aromatic carbocycles. The van der Waals surface area contributed by atoms with Gasteiger partial charge in [0.2, 0.25) is 0 Å². The van der Waals surface area contributed by atoms with E-state index in [-0.39, 0.29) is 0 Å². The van der Waals surface area contributed by atoms with Gasteiger partial charge in [-0.15, -0.1) is 0 Å². The quantitative estimate of drug-likeness (QED) is 0.227. The molecule has 0 aliphatic carbocycles. The second-order valence-corrected chi connectivity index (χ2v) is 8.78. The highest BCUT2D eigenvalue weighted by molar-refractivity contribution is 9.10. The topological polar surface area (TPSA) is 4.41 Å². The SMILES string of the molecule is Brc1ccc2c(c1)c1cc(Br)cc3c4cc(-c5ccccc5)ccc4n2c13. The lowest BCUT2D eigenvalue weighted by Gasteiger charge is -2.03. The van der Waals surface area contributed by atoms with E-state index in [1.54, 1.807) is 0 Å². The lowest BCUT2D eigenvalue weighted by molar-refractivity contribution is 1.37. The van der Waals surface area contributed by atoms with E-state index in [1.807, 2.05) is 0 Å². The molecule has 1 nitrogen and oxygen atoms in total. The average Bonchev–Trinajstić information content (AvgIpc) is 3.18. The first-order chi connectivity index (χ1) is 13.2. The molecule has 3 heteroatoms. The maximum Gasteiger partial charge on any atom is 0.0621 e. The molecular formula is C24H13Br2N. The number of fused-ring (bicyclic) bond motifs is 6. The molecule has 0 atom stereocenters. The Morgan fingerprint density at radius 3 is 1.89 bits per heavy atom. The van der Waals surface area contributed by atoms with Crippen LogP contribution >= 0.6 is 31.9 Å². The number of aromatic nitrogens is 1. The Morgan fingerprint density at radius 2 is 1.15 bits per heavy atom. The van der Waals surface area contributed by atoms with Gasteiger partial charge in [-0.1, -0.05) is 68.3 Å². The third-order valence-corrected chi connectivity index (χ3v) is 6.37. The molecule has 27 heavy (non-hydrogen) atoms. The number of rotatable bonds is 1. The summed E-state index contributed by atoms with van der Waals surface area (Å²) < 4.78 is 4.63. The van der Waals surface area contributed by atoms with Crippen molar-refractivity contribution >= 4 is 70.0 Å². The highest BCUT2D eigenvalue weighted by Crippen LogP contribution is 2.42. The molecule has 0 radical (unpaired) electrons. The third-order valence-electron chi connectivity index (χ3n) is 5.42. The van der Waals surface area contributed by atoms with E-state index >= 15 is 0 Å². The van der Waals surface area contributed by atoms with Crippen LogP contribution in [0.3, 0.4) is 0 Å². The molecule has 0 aliphatic rings. The van der Waals surface area contributed by atoms with Crippen molar-refractivity contribution in [3.05, 3.63) is 87.8 Å². The van der Waals surface area contributed by atoms with Crippen molar-refractivity contribution in [1.82, 2.24) is 4.40 Å². The fraction of sp³-hybridized carbons (Fsp3) is 0. The van der Waals surface area contributed by atoms with E-state index in [0.717, 1.165) is 8.95 Å². The minimum absolute atomic E-state index is 1.11. The van der Waals surface area contributed by atoms with Crippen LogP contribution < -0.4 is 0 Å². The predicted octanol–water partition coefficient (Wildman–Crippen LogP) is 8.03. The van der Waals surface area contributed by atoms with Gasteiger partial charge in [0.15, 0.2) is 0 Å². The zero-order valence-electron chi connectivity index (χ0n) is 14.2. The van der Waals surface area contributed by atoms with Crippen LogP contribution in [0.4, 0.5) is 0 Å². The summed E-state index contributed by atoms with van der Waals surface area (Å²) in [6.45, 7) is 0. The number of benzene rings is 4. The summed E-state index contributed by atoms with van der Waals surface area (Å²) in [5, 5.41) is 5.15. The third kappa shape index (κ3) is 2.16. The molecule has 0 amide bonds. The standard InChI is InChI=1S/C24H13Br2N/c25-16-7-9-23-19(11-16)21-13-17(26)12-20-18-10-15(14-4-2-1-3-5-14)6-8-22(18)27(23)24(20)21/h1-13H. The molecule has 0 spiro atoms. The minimum Gasteiger partial charge on any atom is -0.308 e. The van der Waals surface area contributed by atoms with Crippen LogP contribution in [0.15, 0.2) is 87.8 Å². The Bertz CT molecular complexity index is 1480. The Balaban J connectivity index is 1.83. The van der Waals surface area contributed by atoms with Gasteiger partial charge in [0.05, 0.1) is 16.6 Å². The summed E-state index contributed by atoms with van der Waals surface area (Å²) in [4.78, 5) is 0. The van der Waals surface area contributed by atoms with E-state index in [0.29, 0.717) is 0 Å². The molecule has 0 N–H and O–H groups in total. The highest BCUT2D eigenvalue weighted by atomic mass is 79.9. The van der Waals surface area contributed by atoms with Gasteiger partial charge >= 0.3 is 0 Å². The summed E-state index contributed by atoms with van der Waals surface area (Å²) in [5.41, 5.74) is 6.30. The van der Waals surface area contributed by atoms with Crippen LogP contribution in [0.1, 0.15) is 0 Å². The molecule has 0 bridgehead atoms. The first-order valence-electron chi connectivity index (χ1n) is 8.84. The number of hydrogen-bond donors (Lipinski definition) is 0. The lowest BCUT2D eigenvalue weighted by Crippen LogP contribution is -1.81. The average molecular weight is 475 g/mol. The molecule has 2 aromatic heterocycles. The zero-order chi connectivity index (χ0) is 18.1. The maximum atomic E-state index is 3.73. The molecule has 0 saturated carbocycles. The number of hydrogen-bond acceptors (Lipinski definition) is 0. The van der Waals surface area contributed by atoms with E-state index in [9.17, 15) is 0 Å². The van der Waals surface area contributed by atoms with Gasteiger partial charge in [-0.3, -0.25) is 0 Å². The Morgan fingerprint density at radius 1 is 0.519 bits per heavy atom. The van der Waals surface area contributed by atoms with Crippen molar-refractivity contribution in [1.29, 1.82) is 0 Å². The van der Waals surface area contributed by atoms with Crippen molar-refractivity contribution in [3.8, 4) is 11.1 Å². The number of nitrogens with zero attached hydrogens (tertiary/aromatic N) is 1. The molecule has 0 unspecified atom stereocenters. The van der Waals surface area contributed by atoms with Crippen LogP contribution in [0.2, 0.25) is 0 Å². The molecule has 0 fully saturated rings. The minimum atomic E-state index is 1.11. The monoisotopic (exact) mass is 473 g/mol. The zero-order valence-corrected chi connectivity index (χ0v) is 17.4. The van der Waals surface area contributed by atoms with E-state index < -0.39 is 0 Å². The van der Waals surface area contributed by atoms with Crippen molar-refractivity contribution in [2.75, 3.05) is 0 Å². The summed E-state index contributed by atoms with van der Waals surface area (Å²) in [5.74, 6) is 0. The van der Waals surface area contributed by atoms with Crippen molar-refractivity contribution in [2.45, 2.75) is 0 Å². The Hall–Kier alpha value is -2.36. The van der Waals surface area contributed by atoms with Gasteiger partial charge in [-0.05, 0) is 53.6 Å². The second-order valence-electron chi connectivity index (χ2n) is 6.94. The molecule has 2 heterocycles. The molecule has 6 rings (SSSR count). The molecule has 0 saturated heterocycles. The summed E-state index contributed by atoms with van der Waals surface area (Å²) in [6, 6.07) is 28.4. The molecule has 128 valence electrons. The van der Waals surface area contributed by atoms with Crippen LogP contribution in [0.5, 0.6) is 0 Å². The molecular weight excluding hydrogens is 462 g/mol. The first-order valence-corrected chi connectivity index (χ1v) is 10.4. The molecule has 0 aliphatic heterocycles. The molecule has 6 aromatic rings. The fourth-order valence-electron chi connectivity index (χ4n) is 4.30. The van der Waals surface area contributed by atoms with Gasteiger partial charge < -0.3 is 4.40 Å². The van der Waals surface area contributed by atoms with Gasteiger partial charge in [-0.25, -0.2) is 0 Å². The Labute approximate surface area is 172 Å². The van der Waals surface area contributed by atoms with Gasteiger partial charge in [0.1, 0.15) is 0 Å². The summed E-state index contributed by atoms with van der Waals surface area (Å²) in [7, 11) is 0. The normalized spacial score (nSPS) is 12.1. The second kappa shape index (κ2) is 5.57. The summed E-state index contributed by atoms with van der Waals surface area (Å²) >= 11 is 7.36. The predicted molar refractivity (Wildman–Crippen MR) is 122 cm³/mol. The van der Waals surface area contributed by atoms with E-state index in [4.69, 9.17) is 0 Å². The number of halogens is 2. The smallest absolute Gasteiger partial charge is 0.0621 e. The summed E-state index contributed by atoms with van der Waals surface area (Å²) in [6.07, 6.45) is 0. The van der Waals surface area contributed by atoms with Crippen LogP contribution in [-0.4, -0.2) is 4.40 Å². The van der Waals surface area contributed by atoms with Crippen LogP contribution in [0, 0.1) is 0 Å². The van der Waals surface area contributed by atoms with Crippen molar-refractivity contribution in [2.24, 2.45) is 0 Å². The van der Waals surface area contributed by atoms with Crippen LogP contribution in [-0.2, 0) is 0 Å². The lowest BCUT2D eigenvalue weighted by atomic mass is 10.0. The Kier molecular flexibility index (Phi) is 3.23. The van der Waals surface area contributed by atoms with Gasteiger partial charge in [0, 0.05) is 30.5 Å². The first kappa shape index (κ1) is 15.7. The van der Waals surface area contributed by atoms with Crippen molar-refractivity contribution < 1.29 is 0 Å². The van der Waals surface area contributed by atoms with Crippen molar-refractivity contribution in [3.63, 3.8) is 0 Å². The van der Waals surface area contributed by atoms with Gasteiger partial charge in [-0.2, -0.15) is 0 Å². The largest absolute Gasteiger partial charge is 0.308 e. The fourth-order valence-corrected chi connectivity index (χ4v) is 5.12. The maximum absolute atomic E-state index is 3.73. The van der Waals surface area contributed by atoms with E-state index in [2.05, 4.69) is 115 Å². The van der Waals surface area contributed by atoms with E-state index in [1.165, 1.54) is 49.2 Å². The van der Waals surface area contributed by atoms with Crippen LogP contribution in [0.25, 0.3) is 49.2 Å².